The number of thiophene rings is 1. The van der Waals surface area contributed by atoms with Crippen LogP contribution in [0.3, 0.4) is 0 Å². The number of nitrogens with one attached hydrogen (secondary N) is 1. The highest BCUT2D eigenvalue weighted by molar-refractivity contribution is 14.1. The number of carbonyl (C=O) groups is 1. The molecule has 5 nitrogen and oxygen atoms in total. The average molecular weight is 417 g/mol. The zero-order valence-corrected chi connectivity index (χ0v) is 14.4. The van der Waals surface area contributed by atoms with Gasteiger partial charge < -0.3 is 10.4 Å². The second kappa shape index (κ2) is 6.45. The number of nitrogens with zero attached hydrogens (tertiary/aromatic N) is 2. The van der Waals surface area contributed by atoms with E-state index in [0.717, 1.165) is 39.0 Å². The fourth-order valence-corrected chi connectivity index (χ4v) is 4.05. The third kappa shape index (κ3) is 3.14. The molecular formula is C14H16IN3O2S. The molecule has 1 atom stereocenters. The highest BCUT2D eigenvalue weighted by atomic mass is 127. The van der Waals surface area contributed by atoms with Gasteiger partial charge in [-0.3, -0.25) is 9.48 Å². The second-order valence-electron chi connectivity index (χ2n) is 5.05. The molecule has 7 heteroatoms. The van der Waals surface area contributed by atoms with E-state index in [2.05, 4.69) is 33.0 Å². The molecule has 0 bridgehead atoms. The number of amides is 1. The summed E-state index contributed by atoms with van der Waals surface area (Å²) in [5.74, 6) is -0.0260. The van der Waals surface area contributed by atoms with Gasteiger partial charge in [0.2, 0.25) is 0 Å². The van der Waals surface area contributed by atoms with Crippen molar-refractivity contribution in [1.29, 1.82) is 0 Å². The van der Waals surface area contributed by atoms with E-state index in [4.69, 9.17) is 5.11 Å². The summed E-state index contributed by atoms with van der Waals surface area (Å²) < 4.78 is 2.96. The number of aliphatic hydroxyl groups is 1. The predicted molar refractivity (Wildman–Crippen MR) is 89.5 cm³/mol. The largest absolute Gasteiger partial charge is 0.394 e. The zero-order chi connectivity index (χ0) is 14.8. The van der Waals surface area contributed by atoms with Gasteiger partial charge in [-0.2, -0.15) is 5.10 Å². The Bertz CT molecular complexity index is 652. The summed E-state index contributed by atoms with van der Waals surface area (Å²) in [5, 5.41) is 18.4. The van der Waals surface area contributed by atoms with Gasteiger partial charge in [-0.25, -0.2) is 0 Å². The summed E-state index contributed by atoms with van der Waals surface area (Å²) in [6.07, 6.45) is 4.74. The first kappa shape index (κ1) is 15.0. The van der Waals surface area contributed by atoms with Gasteiger partial charge in [0.1, 0.15) is 0 Å². The summed E-state index contributed by atoms with van der Waals surface area (Å²) >= 11 is 3.79. The Kier molecular flexibility index (Phi) is 4.60. The standard InChI is InChI=1S/C14H16IN3O2S/c15-13-6-9(8-21-13)14(20)17-11-2-1-3-12-10(11)7-16-18(12)4-5-19/h6-8,11,19H,1-5H2,(H,17,20). The molecule has 1 unspecified atom stereocenters. The third-order valence-corrected chi connectivity index (χ3v) is 5.50. The van der Waals surface area contributed by atoms with Gasteiger partial charge in [0.15, 0.2) is 0 Å². The normalized spacial score (nSPS) is 17.5. The molecule has 112 valence electrons. The lowest BCUT2D eigenvalue weighted by Crippen LogP contribution is -2.30. The first-order valence-electron chi connectivity index (χ1n) is 6.89. The Morgan fingerprint density at radius 1 is 1.62 bits per heavy atom. The molecule has 1 aliphatic rings. The molecule has 0 aliphatic heterocycles. The summed E-state index contributed by atoms with van der Waals surface area (Å²) in [4.78, 5) is 12.3. The van der Waals surface area contributed by atoms with Gasteiger partial charge in [0.05, 0.1) is 33.8 Å². The van der Waals surface area contributed by atoms with E-state index in [9.17, 15) is 4.79 Å². The smallest absolute Gasteiger partial charge is 0.252 e. The first-order chi connectivity index (χ1) is 10.2. The minimum atomic E-state index is -0.0260. The van der Waals surface area contributed by atoms with Crippen molar-refractivity contribution < 1.29 is 9.90 Å². The van der Waals surface area contributed by atoms with Crippen LogP contribution < -0.4 is 5.32 Å². The molecular weight excluding hydrogens is 401 g/mol. The van der Waals surface area contributed by atoms with Crippen LogP contribution >= 0.6 is 33.9 Å². The molecule has 2 heterocycles. The van der Waals surface area contributed by atoms with Crippen LogP contribution in [0.5, 0.6) is 0 Å². The van der Waals surface area contributed by atoms with Gasteiger partial charge in [0, 0.05) is 16.6 Å². The Hall–Kier alpha value is -0.930. The van der Waals surface area contributed by atoms with Crippen LogP contribution in [-0.2, 0) is 13.0 Å². The molecule has 0 aromatic carbocycles. The summed E-state index contributed by atoms with van der Waals surface area (Å²) in [7, 11) is 0. The minimum absolute atomic E-state index is 0.0197. The molecule has 3 rings (SSSR count). The maximum Gasteiger partial charge on any atom is 0.252 e. The predicted octanol–water partition coefficient (Wildman–Crippen LogP) is 2.35. The van der Waals surface area contributed by atoms with Crippen molar-refractivity contribution in [1.82, 2.24) is 15.1 Å². The Labute approximate surface area is 140 Å². The van der Waals surface area contributed by atoms with Crippen molar-refractivity contribution in [3.05, 3.63) is 37.3 Å². The lowest BCUT2D eigenvalue weighted by molar-refractivity contribution is 0.0933. The van der Waals surface area contributed by atoms with E-state index in [1.807, 2.05) is 22.3 Å². The Balaban J connectivity index is 1.77. The molecule has 2 aromatic rings. The fraction of sp³-hybridized carbons (Fsp3) is 0.429. The Morgan fingerprint density at radius 2 is 2.48 bits per heavy atom. The number of hydrogen-bond acceptors (Lipinski definition) is 4. The minimum Gasteiger partial charge on any atom is -0.394 e. The molecule has 1 aliphatic carbocycles. The van der Waals surface area contributed by atoms with Gasteiger partial charge in [-0.05, 0) is 47.9 Å². The Morgan fingerprint density at radius 3 is 3.19 bits per heavy atom. The zero-order valence-electron chi connectivity index (χ0n) is 11.4. The number of halogens is 1. The van der Waals surface area contributed by atoms with Crippen molar-refractivity contribution in [3.8, 4) is 0 Å². The highest BCUT2D eigenvalue weighted by Gasteiger charge is 2.25. The molecule has 2 aromatic heterocycles. The SMILES string of the molecule is O=C(NC1CCCc2c1cnn2CCO)c1csc(I)c1. The van der Waals surface area contributed by atoms with Crippen LogP contribution in [0, 0.1) is 2.88 Å². The molecule has 0 radical (unpaired) electrons. The molecule has 2 N–H and O–H groups in total. The fourth-order valence-electron chi connectivity index (χ4n) is 2.73. The molecule has 0 spiro atoms. The summed E-state index contributed by atoms with van der Waals surface area (Å²) in [5.41, 5.74) is 2.95. The molecule has 1 amide bonds. The maximum atomic E-state index is 12.3. The quantitative estimate of drug-likeness (QED) is 0.751. The topological polar surface area (TPSA) is 67.2 Å². The van der Waals surface area contributed by atoms with Crippen molar-refractivity contribution in [2.75, 3.05) is 6.61 Å². The van der Waals surface area contributed by atoms with Gasteiger partial charge in [0.25, 0.3) is 5.91 Å². The number of fused-ring (bicyclic) bond motifs is 1. The second-order valence-corrected chi connectivity index (χ2v) is 7.86. The van der Waals surface area contributed by atoms with E-state index >= 15 is 0 Å². The van der Waals surface area contributed by atoms with Crippen LogP contribution in [-0.4, -0.2) is 27.4 Å². The number of rotatable bonds is 4. The lowest BCUT2D eigenvalue weighted by Gasteiger charge is -2.24. The average Bonchev–Trinajstić information content (AvgIpc) is 3.07. The van der Waals surface area contributed by atoms with Crippen molar-refractivity contribution in [2.45, 2.75) is 31.8 Å². The van der Waals surface area contributed by atoms with E-state index in [0.29, 0.717) is 6.54 Å². The molecule has 0 saturated carbocycles. The summed E-state index contributed by atoms with van der Waals surface area (Å²) in [6, 6.07) is 1.92. The lowest BCUT2D eigenvalue weighted by atomic mass is 9.93. The van der Waals surface area contributed by atoms with Crippen LogP contribution in [0.4, 0.5) is 0 Å². The molecule has 0 fully saturated rings. The van der Waals surface area contributed by atoms with Crippen LogP contribution in [0.2, 0.25) is 0 Å². The van der Waals surface area contributed by atoms with Crippen molar-refractivity contribution in [3.63, 3.8) is 0 Å². The van der Waals surface area contributed by atoms with E-state index in [1.165, 1.54) is 0 Å². The van der Waals surface area contributed by atoms with Crippen LogP contribution in [0.1, 0.15) is 40.5 Å². The first-order valence-corrected chi connectivity index (χ1v) is 8.85. The van der Waals surface area contributed by atoms with E-state index < -0.39 is 0 Å². The van der Waals surface area contributed by atoms with Crippen molar-refractivity contribution in [2.24, 2.45) is 0 Å². The summed E-state index contributed by atoms with van der Waals surface area (Å²) in [6.45, 7) is 0.594. The van der Waals surface area contributed by atoms with E-state index in [-0.39, 0.29) is 18.6 Å². The van der Waals surface area contributed by atoms with Gasteiger partial charge >= 0.3 is 0 Å². The monoisotopic (exact) mass is 417 g/mol. The van der Waals surface area contributed by atoms with Gasteiger partial charge in [-0.1, -0.05) is 0 Å². The van der Waals surface area contributed by atoms with Gasteiger partial charge in [-0.15, -0.1) is 11.3 Å². The van der Waals surface area contributed by atoms with E-state index in [1.54, 1.807) is 11.3 Å². The number of carbonyl (C=O) groups excluding carboxylic acids is 1. The maximum absolute atomic E-state index is 12.3. The van der Waals surface area contributed by atoms with Crippen LogP contribution in [0.25, 0.3) is 0 Å². The molecule has 0 saturated heterocycles. The van der Waals surface area contributed by atoms with Crippen molar-refractivity contribution >= 4 is 39.8 Å². The number of aromatic nitrogens is 2. The molecule has 21 heavy (non-hydrogen) atoms. The number of hydrogen-bond donors (Lipinski definition) is 2. The third-order valence-electron chi connectivity index (χ3n) is 3.71. The highest BCUT2D eigenvalue weighted by Crippen LogP contribution is 2.30. The number of aliphatic hydroxyl groups excluding tert-OH is 1. The van der Waals surface area contributed by atoms with Crippen LogP contribution in [0.15, 0.2) is 17.6 Å².